The Hall–Kier alpha value is -2.15. The minimum Gasteiger partial charge on any atom is -0.406 e. The lowest BCUT2D eigenvalue weighted by atomic mass is 10.2. The number of benzene rings is 1. The first-order valence-corrected chi connectivity index (χ1v) is 5.85. The first-order chi connectivity index (χ1) is 9.53. The van der Waals surface area contributed by atoms with E-state index in [0.29, 0.717) is 13.1 Å². The van der Waals surface area contributed by atoms with E-state index in [-0.39, 0.29) is 5.75 Å². The number of aromatic nitrogens is 2. The maximum absolute atomic E-state index is 12.0. The van der Waals surface area contributed by atoms with Gasteiger partial charge >= 0.3 is 6.36 Å². The van der Waals surface area contributed by atoms with Gasteiger partial charge in [-0.05, 0) is 29.8 Å². The SMILES string of the molecule is FC(F)(F)Oc1ccc(CNCc2cccnn2)cc1. The Morgan fingerprint density at radius 2 is 1.80 bits per heavy atom. The molecule has 2 aromatic rings. The monoisotopic (exact) mass is 283 g/mol. The largest absolute Gasteiger partial charge is 0.573 e. The molecule has 0 spiro atoms. The predicted molar refractivity (Wildman–Crippen MR) is 65.7 cm³/mol. The Balaban J connectivity index is 1.82. The predicted octanol–water partition coefficient (Wildman–Crippen LogP) is 2.67. The first kappa shape index (κ1) is 14.3. The summed E-state index contributed by atoms with van der Waals surface area (Å²) in [5, 5.41) is 10.8. The van der Waals surface area contributed by atoms with Gasteiger partial charge in [-0.1, -0.05) is 12.1 Å². The molecule has 0 aliphatic rings. The molecule has 0 atom stereocenters. The highest BCUT2D eigenvalue weighted by Crippen LogP contribution is 2.22. The van der Waals surface area contributed by atoms with Crippen LogP contribution < -0.4 is 10.1 Å². The molecule has 0 radical (unpaired) electrons. The molecule has 7 heteroatoms. The highest BCUT2D eigenvalue weighted by atomic mass is 19.4. The number of nitrogens with one attached hydrogen (secondary N) is 1. The van der Waals surface area contributed by atoms with Gasteiger partial charge in [-0.15, -0.1) is 13.2 Å². The fraction of sp³-hybridized carbons (Fsp3) is 0.231. The van der Waals surface area contributed by atoms with Crippen LogP contribution in [0.5, 0.6) is 5.75 Å². The van der Waals surface area contributed by atoms with Crippen LogP contribution in [-0.4, -0.2) is 16.6 Å². The molecular formula is C13H12F3N3O. The lowest BCUT2D eigenvalue weighted by Gasteiger charge is -2.09. The Morgan fingerprint density at radius 3 is 2.40 bits per heavy atom. The Morgan fingerprint density at radius 1 is 1.05 bits per heavy atom. The van der Waals surface area contributed by atoms with Crippen LogP contribution in [-0.2, 0) is 13.1 Å². The second kappa shape index (κ2) is 6.33. The minimum atomic E-state index is -4.66. The van der Waals surface area contributed by atoms with Crippen molar-refractivity contribution < 1.29 is 17.9 Å². The summed E-state index contributed by atoms with van der Waals surface area (Å²) < 4.78 is 39.7. The summed E-state index contributed by atoms with van der Waals surface area (Å²) in [6.45, 7) is 1.05. The molecular weight excluding hydrogens is 271 g/mol. The smallest absolute Gasteiger partial charge is 0.406 e. The normalized spacial score (nSPS) is 11.3. The summed E-state index contributed by atoms with van der Waals surface area (Å²) in [7, 11) is 0. The van der Waals surface area contributed by atoms with Gasteiger partial charge < -0.3 is 10.1 Å². The molecule has 4 nitrogen and oxygen atoms in total. The number of alkyl halides is 3. The molecule has 0 aliphatic heterocycles. The third-order valence-electron chi connectivity index (χ3n) is 2.42. The van der Waals surface area contributed by atoms with E-state index in [1.165, 1.54) is 12.1 Å². The fourth-order valence-corrected chi connectivity index (χ4v) is 1.57. The lowest BCUT2D eigenvalue weighted by Crippen LogP contribution is -2.17. The van der Waals surface area contributed by atoms with Gasteiger partial charge in [0.2, 0.25) is 0 Å². The number of rotatable bonds is 5. The summed E-state index contributed by atoms with van der Waals surface area (Å²) in [5.74, 6) is -0.227. The van der Waals surface area contributed by atoms with Crippen LogP contribution in [0.25, 0.3) is 0 Å². The summed E-state index contributed by atoms with van der Waals surface area (Å²) in [4.78, 5) is 0. The molecule has 106 valence electrons. The van der Waals surface area contributed by atoms with Gasteiger partial charge in [-0.2, -0.15) is 10.2 Å². The van der Waals surface area contributed by atoms with Crippen LogP contribution in [0.4, 0.5) is 13.2 Å². The Kier molecular flexibility index (Phi) is 4.52. The second-order valence-electron chi connectivity index (χ2n) is 4.01. The zero-order valence-electron chi connectivity index (χ0n) is 10.4. The standard InChI is InChI=1S/C13H12F3N3O/c14-13(15,16)20-12-5-3-10(4-6-12)8-17-9-11-2-1-7-18-19-11/h1-7,17H,8-9H2. The minimum absolute atomic E-state index is 0.227. The maximum Gasteiger partial charge on any atom is 0.573 e. The number of hydrogen-bond donors (Lipinski definition) is 1. The molecule has 0 saturated heterocycles. The highest BCUT2D eigenvalue weighted by molar-refractivity contribution is 5.27. The van der Waals surface area contributed by atoms with Gasteiger partial charge in [0.1, 0.15) is 5.75 Å². The molecule has 1 aromatic heterocycles. The van der Waals surface area contributed by atoms with Gasteiger partial charge in [-0.3, -0.25) is 0 Å². The highest BCUT2D eigenvalue weighted by Gasteiger charge is 2.30. The van der Waals surface area contributed by atoms with Crippen LogP contribution in [0, 0.1) is 0 Å². The average Bonchev–Trinajstić information content (AvgIpc) is 2.40. The van der Waals surface area contributed by atoms with E-state index < -0.39 is 6.36 Å². The molecule has 0 unspecified atom stereocenters. The average molecular weight is 283 g/mol. The van der Waals surface area contributed by atoms with Crippen LogP contribution in [0.15, 0.2) is 42.6 Å². The lowest BCUT2D eigenvalue weighted by molar-refractivity contribution is -0.274. The fourth-order valence-electron chi connectivity index (χ4n) is 1.57. The summed E-state index contributed by atoms with van der Waals surface area (Å²) in [5.41, 5.74) is 1.65. The van der Waals surface area contributed by atoms with Crippen molar-refractivity contribution in [3.63, 3.8) is 0 Å². The van der Waals surface area contributed by atoms with E-state index in [9.17, 15) is 13.2 Å². The van der Waals surface area contributed by atoms with Crippen molar-refractivity contribution in [2.45, 2.75) is 19.5 Å². The topological polar surface area (TPSA) is 47.0 Å². The molecule has 0 amide bonds. The van der Waals surface area contributed by atoms with E-state index >= 15 is 0 Å². The molecule has 1 heterocycles. The molecule has 1 aromatic carbocycles. The van der Waals surface area contributed by atoms with Crippen molar-refractivity contribution >= 4 is 0 Å². The van der Waals surface area contributed by atoms with Gasteiger partial charge in [0, 0.05) is 19.3 Å². The number of nitrogens with zero attached hydrogens (tertiary/aromatic N) is 2. The third-order valence-corrected chi connectivity index (χ3v) is 2.42. The summed E-state index contributed by atoms with van der Waals surface area (Å²) in [6, 6.07) is 9.34. The van der Waals surface area contributed by atoms with Gasteiger partial charge in [0.25, 0.3) is 0 Å². The molecule has 0 saturated carbocycles. The van der Waals surface area contributed by atoms with Crippen LogP contribution >= 0.6 is 0 Å². The van der Waals surface area contributed by atoms with Crippen molar-refractivity contribution in [2.24, 2.45) is 0 Å². The van der Waals surface area contributed by atoms with Crippen molar-refractivity contribution in [3.05, 3.63) is 53.9 Å². The van der Waals surface area contributed by atoms with E-state index in [0.717, 1.165) is 11.3 Å². The molecule has 2 rings (SSSR count). The van der Waals surface area contributed by atoms with E-state index in [2.05, 4.69) is 20.3 Å². The molecule has 0 fully saturated rings. The van der Waals surface area contributed by atoms with Gasteiger partial charge in [-0.25, -0.2) is 0 Å². The molecule has 0 bridgehead atoms. The maximum atomic E-state index is 12.0. The molecule has 0 aliphatic carbocycles. The van der Waals surface area contributed by atoms with Gasteiger partial charge in [0.05, 0.1) is 5.69 Å². The van der Waals surface area contributed by atoms with Crippen molar-refractivity contribution in [1.29, 1.82) is 0 Å². The third kappa shape index (κ3) is 4.85. The number of ether oxygens (including phenoxy) is 1. The van der Waals surface area contributed by atoms with E-state index in [1.807, 2.05) is 6.07 Å². The van der Waals surface area contributed by atoms with Crippen LogP contribution in [0.3, 0.4) is 0 Å². The number of hydrogen-bond acceptors (Lipinski definition) is 4. The summed E-state index contributed by atoms with van der Waals surface area (Å²) >= 11 is 0. The summed E-state index contributed by atoms with van der Waals surface area (Å²) in [6.07, 6.45) is -3.07. The molecule has 1 N–H and O–H groups in total. The second-order valence-corrected chi connectivity index (χ2v) is 4.01. The van der Waals surface area contributed by atoms with Crippen LogP contribution in [0.2, 0.25) is 0 Å². The molecule has 20 heavy (non-hydrogen) atoms. The van der Waals surface area contributed by atoms with E-state index in [1.54, 1.807) is 24.4 Å². The Bertz CT molecular complexity index is 529. The number of halogens is 3. The zero-order valence-corrected chi connectivity index (χ0v) is 10.4. The van der Waals surface area contributed by atoms with Crippen molar-refractivity contribution in [2.75, 3.05) is 0 Å². The zero-order chi connectivity index (χ0) is 14.4. The van der Waals surface area contributed by atoms with Crippen molar-refractivity contribution in [3.8, 4) is 5.75 Å². The Labute approximate surface area is 113 Å². The van der Waals surface area contributed by atoms with Gasteiger partial charge in [0.15, 0.2) is 0 Å². The first-order valence-electron chi connectivity index (χ1n) is 5.85. The quantitative estimate of drug-likeness (QED) is 0.916. The van der Waals surface area contributed by atoms with E-state index in [4.69, 9.17) is 0 Å². The van der Waals surface area contributed by atoms with Crippen LogP contribution in [0.1, 0.15) is 11.3 Å². The van der Waals surface area contributed by atoms with Crippen molar-refractivity contribution in [1.82, 2.24) is 15.5 Å².